The third-order valence-electron chi connectivity index (χ3n) is 4.96. The van der Waals surface area contributed by atoms with E-state index >= 15 is 0 Å². The van der Waals surface area contributed by atoms with Crippen LogP contribution in [0.4, 0.5) is 16.2 Å². The van der Waals surface area contributed by atoms with E-state index in [9.17, 15) is 9.59 Å². The largest absolute Gasteiger partial charge is 0.444 e. The molecule has 2 N–H and O–H groups in total. The molecule has 10 heteroatoms. The molecule has 0 saturated carbocycles. The van der Waals surface area contributed by atoms with E-state index in [1.807, 2.05) is 36.4 Å². The van der Waals surface area contributed by atoms with E-state index in [-0.39, 0.29) is 39.2 Å². The second kappa shape index (κ2) is 12.5. The van der Waals surface area contributed by atoms with Crippen molar-refractivity contribution in [3.63, 3.8) is 0 Å². The molecular weight excluding hydrogens is 534 g/mol. The number of amides is 2. The Morgan fingerprint density at radius 1 is 0.714 bits per heavy atom. The standard InChI is InChI=1S/C25H22Cl4N2O4/c1-14(32)30-17-7-3-15(4-8-17)11-16-5-9-18(10-6-16)31-25(33)35-13-20-23(28)21(26)19(12-34-2)22(27)24(20)29/h3-10H,11-13H2,1-2H3,(H,30,32)(H,31,33). The number of rotatable bonds is 8. The number of benzene rings is 3. The van der Waals surface area contributed by atoms with Gasteiger partial charge in [0, 0.05) is 36.5 Å². The van der Waals surface area contributed by atoms with Crippen LogP contribution in [0.5, 0.6) is 0 Å². The Morgan fingerprint density at radius 2 is 1.14 bits per heavy atom. The number of anilines is 2. The molecule has 0 radical (unpaired) electrons. The number of carbonyl (C=O) groups is 2. The summed E-state index contributed by atoms with van der Waals surface area (Å²) < 4.78 is 10.3. The molecule has 3 aromatic carbocycles. The van der Waals surface area contributed by atoms with E-state index in [2.05, 4.69) is 10.6 Å². The van der Waals surface area contributed by atoms with Gasteiger partial charge in [-0.25, -0.2) is 4.79 Å². The molecule has 0 heterocycles. The molecule has 3 aromatic rings. The first kappa shape index (κ1) is 27.1. The number of halogens is 4. The van der Waals surface area contributed by atoms with Crippen molar-refractivity contribution in [2.75, 3.05) is 17.7 Å². The smallest absolute Gasteiger partial charge is 0.411 e. The van der Waals surface area contributed by atoms with Gasteiger partial charge in [0.25, 0.3) is 0 Å². The zero-order valence-corrected chi connectivity index (χ0v) is 21.9. The minimum atomic E-state index is -0.688. The van der Waals surface area contributed by atoms with Crippen molar-refractivity contribution in [3.8, 4) is 0 Å². The molecule has 0 saturated heterocycles. The highest BCUT2D eigenvalue weighted by molar-refractivity contribution is 6.48. The van der Waals surface area contributed by atoms with E-state index in [0.29, 0.717) is 23.2 Å². The maximum Gasteiger partial charge on any atom is 0.411 e. The predicted molar refractivity (Wildman–Crippen MR) is 141 cm³/mol. The van der Waals surface area contributed by atoms with Crippen LogP contribution in [0.1, 0.15) is 29.2 Å². The summed E-state index contributed by atoms with van der Waals surface area (Å²) in [6, 6.07) is 15.0. The van der Waals surface area contributed by atoms with Crippen LogP contribution in [0.3, 0.4) is 0 Å². The molecule has 0 aliphatic heterocycles. The summed E-state index contributed by atoms with van der Waals surface area (Å²) >= 11 is 25.2. The molecular formula is C25H22Cl4N2O4. The van der Waals surface area contributed by atoms with E-state index in [0.717, 1.165) is 16.8 Å². The summed E-state index contributed by atoms with van der Waals surface area (Å²) in [6.07, 6.45) is 0.00880. The van der Waals surface area contributed by atoms with E-state index in [1.54, 1.807) is 12.1 Å². The van der Waals surface area contributed by atoms with Crippen LogP contribution in [-0.4, -0.2) is 19.1 Å². The van der Waals surface area contributed by atoms with Gasteiger partial charge >= 0.3 is 6.09 Å². The lowest BCUT2D eigenvalue weighted by atomic mass is 10.0. The third-order valence-corrected chi connectivity index (χ3v) is 6.83. The van der Waals surface area contributed by atoms with Crippen molar-refractivity contribution in [3.05, 3.63) is 90.9 Å². The second-order valence-corrected chi connectivity index (χ2v) is 9.11. The number of hydrogen-bond acceptors (Lipinski definition) is 4. The maximum atomic E-state index is 12.3. The first-order valence-corrected chi connectivity index (χ1v) is 11.9. The van der Waals surface area contributed by atoms with Crippen molar-refractivity contribution in [2.24, 2.45) is 0 Å². The fourth-order valence-electron chi connectivity index (χ4n) is 3.26. The molecule has 0 aliphatic rings. The number of methoxy groups -OCH3 is 1. The van der Waals surface area contributed by atoms with Crippen LogP contribution in [0.2, 0.25) is 20.1 Å². The molecule has 0 fully saturated rings. The molecule has 0 aliphatic carbocycles. The van der Waals surface area contributed by atoms with Crippen LogP contribution in [0, 0.1) is 0 Å². The van der Waals surface area contributed by atoms with Crippen molar-refractivity contribution in [1.82, 2.24) is 0 Å². The van der Waals surface area contributed by atoms with Crippen molar-refractivity contribution >= 4 is 69.8 Å². The second-order valence-electron chi connectivity index (χ2n) is 7.60. The predicted octanol–water partition coefficient (Wildman–Crippen LogP) is 7.74. The zero-order valence-electron chi connectivity index (χ0n) is 18.9. The molecule has 2 amide bonds. The van der Waals surface area contributed by atoms with Crippen molar-refractivity contribution in [2.45, 2.75) is 26.6 Å². The molecule has 0 spiro atoms. The molecule has 0 bridgehead atoms. The molecule has 0 atom stereocenters. The summed E-state index contributed by atoms with van der Waals surface area (Å²) in [7, 11) is 1.49. The van der Waals surface area contributed by atoms with Gasteiger partial charge < -0.3 is 14.8 Å². The monoisotopic (exact) mass is 554 g/mol. The quantitative estimate of drug-likeness (QED) is 0.279. The van der Waals surface area contributed by atoms with E-state index in [1.165, 1.54) is 14.0 Å². The first-order valence-electron chi connectivity index (χ1n) is 10.4. The lowest BCUT2D eigenvalue weighted by Crippen LogP contribution is -2.14. The van der Waals surface area contributed by atoms with Crippen LogP contribution < -0.4 is 10.6 Å². The average molecular weight is 556 g/mol. The summed E-state index contributed by atoms with van der Waals surface area (Å²) in [4.78, 5) is 23.4. The zero-order chi connectivity index (χ0) is 25.5. The lowest BCUT2D eigenvalue weighted by molar-refractivity contribution is -0.114. The molecule has 3 rings (SSSR count). The van der Waals surface area contributed by atoms with Gasteiger partial charge in [-0.15, -0.1) is 0 Å². The molecule has 184 valence electrons. The van der Waals surface area contributed by atoms with Crippen LogP contribution in [-0.2, 0) is 33.9 Å². The summed E-state index contributed by atoms with van der Waals surface area (Å²) in [5.74, 6) is -0.113. The third kappa shape index (κ3) is 7.26. The van der Waals surface area contributed by atoms with Crippen LogP contribution in [0.25, 0.3) is 0 Å². The Kier molecular flexibility index (Phi) is 9.66. The van der Waals surface area contributed by atoms with E-state index in [4.69, 9.17) is 55.9 Å². The van der Waals surface area contributed by atoms with Crippen molar-refractivity contribution < 1.29 is 19.1 Å². The Morgan fingerprint density at radius 3 is 1.57 bits per heavy atom. The summed E-state index contributed by atoms with van der Waals surface area (Å²) in [5.41, 5.74) is 4.21. The topological polar surface area (TPSA) is 76.7 Å². The van der Waals surface area contributed by atoms with Gasteiger partial charge in [0.05, 0.1) is 26.7 Å². The normalized spacial score (nSPS) is 10.7. The molecule has 6 nitrogen and oxygen atoms in total. The van der Waals surface area contributed by atoms with Gasteiger partial charge in [-0.3, -0.25) is 10.1 Å². The first-order chi connectivity index (χ1) is 16.7. The van der Waals surface area contributed by atoms with Gasteiger partial charge in [-0.1, -0.05) is 70.7 Å². The van der Waals surface area contributed by atoms with E-state index < -0.39 is 6.09 Å². The summed E-state index contributed by atoms with van der Waals surface area (Å²) in [6.45, 7) is 1.38. The minimum absolute atomic E-state index is 0.113. The number of nitrogens with one attached hydrogen (secondary N) is 2. The molecule has 0 unspecified atom stereocenters. The average Bonchev–Trinajstić information content (AvgIpc) is 2.83. The van der Waals surface area contributed by atoms with Crippen LogP contribution >= 0.6 is 46.4 Å². The van der Waals surface area contributed by atoms with Gasteiger partial charge in [-0.2, -0.15) is 0 Å². The Balaban J connectivity index is 1.58. The Bertz CT molecular complexity index is 1190. The van der Waals surface area contributed by atoms with Gasteiger partial charge in [0.15, 0.2) is 0 Å². The Labute approximate surface area is 223 Å². The van der Waals surface area contributed by atoms with Gasteiger partial charge in [0.2, 0.25) is 5.91 Å². The van der Waals surface area contributed by atoms with Crippen LogP contribution in [0.15, 0.2) is 48.5 Å². The number of hydrogen-bond donors (Lipinski definition) is 2. The highest BCUT2D eigenvalue weighted by Crippen LogP contribution is 2.41. The van der Waals surface area contributed by atoms with Crippen molar-refractivity contribution in [1.29, 1.82) is 0 Å². The highest BCUT2D eigenvalue weighted by Gasteiger charge is 2.21. The number of ether oxygens (including phenoxy) is 2. The van der Waals surface area contributed by atoms with Gasteiger partial charge in [0.1, 0.15) is 6.61 Å². The lowest BCUT2D eigenvalue weighted by Gasteiger charge is -2.15. The molecule has 0 aromatic heterocycles. The highest BCUT2D eigenvalue weighted by atomic mass is 35.5. The molecule has 35 heavy (non-hydrogen) atoms. The minimum Gasteiger partial charge on any atom is -0.444 e. The fraction of sp³-hybridized carbons (Fsp3) is 0.200. The SMILES string of the molecule is COCc1c(Cl)c(Cl)c(COC(=O)Nc2ccc(Cc3ccc(NC(C)=O)cc3)cc2)c(Cl)c1Cl. The Hall–Kier alpha value is -2.48. The fourth-order valence-corrected chi connectivity index (χ4v) is 4.41. The maximum absolute atomic E-state index is 12.3. The number of carbonyl (C=O) groups excluding carboxylic acids is 2. The summed E-state index contributed by atoms with van der Waals surface area (Å²) in [5, 5.41) is 6.08. The van der Waals surface area contributed by atoms with Gasteiger partial charge in [-0.05, 0) is 41.8 Å².